The topological polar surface area (TPSA) is 154 Å². The van der Waals surface area contributed by atoms with Crippen LogP contribution in [0.25, 0.3) is 0 Å². The molecule has 0 aliphatic carbocycles. The van der Waals surface area contributed by atoms with Gasteiger partial charge in [0.2, 0.25) is 10.0 Å². The van der Waals surface area contributed by atoms with E-state index in [0.29, 0.717) is 11.1 Å². The van der Waals surface area contributed by atoms with Crippen LogP contribution >= 0.6 is 0 Å². The highest BCUT2D eigenvalue weighted by atomic mass is 32.2. The van der Waals surface area contributed by atoms with Gasteiger partial charge in [0.15, 0.2) is 0 Å². The van der Waals surface area contributed by atoms with E-state index in [1.54, 1.807) is 12.1 Å². The minimum Gasteiger partial charge on any atom is -0.465 e. The van der Waals surface area contributed by atoms with Crippen LogP contribution in [0.1, 0.15) is 15.9 Å². The first-order chi connectivity index (χ1) is 12.2. The maximum absolute atomic E-state index is 11.3. The van der Waals surface area contributed by atoms with Crippen molar-refractivity contribution < 1.29 is 22.9 Å². The fraction of sp³-hybridized carbons (Fsp3) is 0.0667. The van der Waals surface area contributed by atoms with E-state index in [-0.39, 0.29) is 10.6 Å². The monoisotopic (exact) mass is 378 g/mol. The Morgan fingerprint density at radius 3 is 2.46 bits per heavy atom. The molecule has 0 spiro atoms. The largest absolute Gasteiger partial charge is 0.465 e. The molecular formula is C15H14N4O6S. The van der Waals surface area contributed by atoms with Crippen molar-refractivity contribution in [1.82, 2.24) is 0 Å². The zero-order valence-electron chi connectivity index (χ0n) is 13.4. The molecule has 0 bridgehead atoms. The van der Waals surface area contributed by atoms with Gasteiger partial charge in [0.25, 0.3) is 5.69 Å². The molecule has 136 valence electrons. The standard InChI is InChI=1S/C15H14N4O6S/c1-25-15(20)11-4-2-10(3-5-11)9-17-18-13-7-6-12(26(16,23)24)8-14(13)19(21)22/h2-9,18H,1H3,(H2,16,23,24)/b17-9+. The number of methoxy groups -OCH3 is 1. The molecule has 26 heavy (non-hydrogen) atoms. The third-order valence-corrected chi connectivity index (χ3v) is 4.14. The molecule has 0 amide bonds. The fourth-order valence-corrected chi connectivity index (χ4v) is 2.47. The predicted octanol–water partition coefficient (Wildman–Crippen LogP) is 1.47. The normalized spacial score (nSPS) is 11.3. The number of esters is 1. The van der Waals surface area contributed by atoms with E-state index in [2.05, 4.69) is 15.3 Å². The number of carbonyl (C=O) groups is 1. The maximum atomic E-state index is 11.3. The first-order valence-corrected chi connectivity index (χ1v) is 8.55. The van der Waals surface area contributed by atoms with Crippen LogP contribution < -0.4 is 10.6 Å². The van der Waals surface area contributed by atoms with Crippen LogP contribution in [0.15, 0.2) is 52.5 Å². The van der Waals surface area contributed by atoms with Crippen LogP contribution in [-0.2, 0) is 14.8 Å². The second-order valence-corrected chi connectivity index (χ2v) is 6.53. The summed E-state index contributed by atoms with van der Waals surface area (Å²) in [5.74, 6) is -0.475. The van der Waals surface area contributed by atoms with Crippen molar-refractivity contribution >= 4 is 33.6 Å². The molecular weight excluding hydrogens is 364 g/mol. The van der Waals surface area contributed by atoms with Crippen LogP contribution in [0.2, 0.25) is 0 Å². The van der Waals surface area contributed by atoms with E-state index >= 15 is 0 Å². The Morgan fingerprint density at radius 1 is 1.27 bits per heavy atom. The summed E-state index contributed by atoms with van der Waals surface area (Å²) >= 11 is 0. The van der Waals surface area contributed by atoms with Gasteiger partial charge in [-0.15, -0.1) is 0 Å². The Hall–Kier alpha value is -3.31. The number of sulfonamides is 1. The molecule has 3 N–H and O–H groups in total. The zero-order valence-corrected chi connectivity index (χ0v) is 14.3. The molecule has 10 nitrogen and oxygen atoms in total. The number of hydrogen-bond donors (Lipinski definition) is 2. The third kappa shape index (κ3) is 4.62. The highest BCUT2D eigenvalue weighted by molar-refractivity contribution is 7.89. The molecule has 11 heteroatoms. The average molecular weight is 378 g/mol. The van der Waals surface area contributed by atoms with Crippen LogP contribution in [0.3, 0.4) is 0 Å². The Bertz CT molecular complexity index is 970. The lowest BCUT2D eigenvalue weighted by Crippen LogP contribution is -2.12. The number of hydrazone groups is 1. The number of nitrogens with zero attached hydrogens (tertiary/aromatic N) is 2. The van der Waals surface area contributed by atoms with Crippen LogP contribution in [0.4, 0.5) is 11.4 Å². The summed E-state index contributed by atoms with van der Waals surface area (Å²) in [6.45, 7) is 0. The van der Waals surface area contributed by atoms with Gasteiger partial charge in [-0.2, -0.15) is 5.10 Å². The van der Waals surface area contributed by atoms with Gasteiger partial charge in [-0.3, -0.25) is 15.5 Å². The number of nitrogens with two attached hydrogens (primary N) is 1. The van der Waals surface area contributed by atoms with Gasteiger partial charge in [-0.05, 0) is 29.8 Å². The molecule has 2 aromatic carbocycles. The summed E-state index contributed by atoms with van der Waals surface area (Å²) in [5, 5.41) is 19.9. The molecule has 2 aromatic rings. The van der Waals surface area contributed by atoms with Crippen LogP contribution in [0.5, 0.6) is 0 Å². The van der Waals surface area contributed by atoms with E-state index in [1.807, 2.05) is 0 Å². The summed E-state index contributed by atoms with van der Waals surface area (Å²) in [4.78, 5) is 21.3. The van der Waals surface area contributed by atoms with Crippen molar-refractivity contribution in [3.05, 3.63) is 63.7 Å². The van der Waals surface area contributed by atoms with Crippen LogP contribution in [0, 0.1) is 10.1 Å². The Balaban J connectivity index is 2.19. The number of benzene rings is 2. The average Bonchev–Trinajstić information content (AvgIpc) is 2.60. The summed E-state index contributed by atoms with van der Waals surface area (Å²) in [6.07, 6.45) is 1.37. The number of primary sulfonamides is 1. The van der Waals surface area contributed by atoms with Crippen LogP contribution in [-0.4, -0.2) is 32.6 Å². The lowest BCUT2D eigenvalue weighted by atomic mass is 10.1. The van der Waals surface area contributed by atoms with Gasteiger partial charge in [-0.25, -0.2) is 18.4 Å². The van der Waals surface area contributed by atoms with Gasteiger partial charge in [0, 0.05) is 6.07 Å². The number of ether oxygens (including phenoxy) is 1. The fourth-order valence-electron chi connectivity index (χ4n) is 1.93. The van der Waals surface area contributed by atoms with Crippen molar-refractivity contribution in [2.24, 2.45) is 10.2 Å². The molecule has 0 saturated carbocycles. The summed E-state index contributed by atoms with van der Waals surface area (Å²) in [6, 6.07) is 9.46. The van der Waals surface area contributed by atoms with E-state index in [0.717, 1.165) is 12.1 Å². The summed E-state index contributed by atoms with van der Waals surface area (Å²) in [5.41, 5.74) is 2.96. The maximum Gasteiger partial charge on any atom is 0.337 e. The number of nitrogens with one attached hydrogen (secondary N) is 1. The minimum absolute atomic E-state index is 0.00942. The number of nitro benzene ring substituents is 1. The highest BCUT2D eigenvalue weighted by Gasteiger charge is 2.18. The number of nitro groups is 1. The van der Waals surface area contributed by atoms with Gasteiger partial charge < -0.3 is 4.74 Å². The second kappa shape index (κ2) is 7.72. The smallest absolute Gasteiger partial charge is 0.337 e. The molecule has 0 aliphatic rings. The van der Waals surface area contributed by atoms with Crippen molar-refractivity contribution in [2.45, 2.75) is 4.90 Å². The Kier molecular flexibility index (Phi) is 5.64. The van der Waals surface area contributed by atoms with Crippen molar-refractivity contribution in [3.8, 4) is 0 Å². The molecule has 0 atom stereocenters. The van der Waals surface area contributed by atoms with E-state index in [9.17, 15) is 23.3 Å². The van der Waals surface area contributed by atoms with E-state index in [1.165, 1.54) is 31.5 Å². The van der Waals surface area contributed by atoms with Gasteiger partial charge in [0.05, 0.1) is 28.7 Å². The third-order valence-electron chi connectivity index (χ3n) is 3.22. The van der Waals surface area contributed by atoms with Gasteiger partial charge in [0.1, 0.15) is 5.69 Å². The van der Waals surface area contributed by atoms with Gasteiger partial charge in [-0.1, -0.05) is 12.1 Å². The molecule has 0 aromatic heterocycles. The quantitative estimate of drug-likeness (QED) is 0.334. The predicted molar refractivity (Wildman–Crippen MR) is 93.5 cm³/mol. The number of hydrogen-bond acceptors (Lipinski definition) is 8. The number of carbonyl (C=O) groups excluding carboxylic acids is 1. The van der Waals surface area contributed by atoms with Gasteiger partial charge >= 0.3 is 5.97 Å². The van der Waals surface area contributed by atoms with E-state index in [4.69, 9.17) is 5.14 Å². The van der Waals surface area contributed by atoms with Crippen molar-refractivity contribution in [2.75, 3.05) is 12.5 Å². The SMILES string of the molecule is COC(=O)c1ccc(/C=N/Nc2ccc(S(N)(=O)=O)cc2[N+](=O)[O-])cc1. The molecule has 2 rings (SSSR count). The lowest BCUT2D eigenvalue weighted by Gasteiger charge is -2.04. The first kappa shape index (κ1) is 19.0. The second-order valence-electron chi connectivity index (χ2n) is 4.96. The molecule has 0 heterocycles. The number of anilines is 1. The van der Waals surface area contributed by atoms with E-state index < -0.39 is 26.6 Å². The molecule has 0 unspecified atom stereocenters. The summed E-state index contributed by atoms with van der Waals surface area (Å²) in [7, 11) is -2.79. The summed E-state index contributed by atoms with van der Waals surface area (Å²) < 4.78 is 27.2. The molecule has 0 aliphatic heterocycles. The molecule has 0 saturated heterocycles. The first-order valence-electron chi connectivity index (χ1n) is 7.01. The Labute approximate surface area is 148 Å². The Morgan fingerprint density at radius 2 is 1.92 bits per heavy atom. The minimum atomic E-state index is -4.06. The van der Waals surface area contributed by atoms with Crippen molar-refractivity contribution in [1.29, 1.82) is 0 Å². The molecule has 0 fully saturated rings. The number of rotatable bonds is 6. The van der Waals surface area contributed by atoms with Crippen molar-refractivity contribution in [3.63, 3.8) is 0 Å². The zero-order chi connectivity index (χ0) is 19.3. The highest BCUT2D eigenvalue weighted by Crippen LogP contribution is 2.27. The molecule has 0 radical (unpaired) electrons. The lowest BCUT2D eigenvalue weighted by molar-refractivity contribution is -0.384.